The van der Waals surface area contributed by atoms with Crippen LogP contribution in [-0.2, 0) is 0 Å². The number of aromatic nitrogens is 1. The predicted octanol–water partition coefficient (Wildman–Crippen LogP) is 3.74. The zero-order valence-electron chi connectivity index (χ0n) is 12.9. The largest absolute Gasteiger partial charge is 0.491 e. The zero-order valence-corrected chi connectivity index (χ0v) is 13.7. The monoisotopic (exact) mass is 346 g/mol. The molecule has 3 aromatic rings. The van der Waals surface area contributed by atoms with Crippen LogP contribution in [0.2, 0.25) is 0 Å². The van der Waals surface area contributed by atoms with E-state index >= 15 is 0 Å². The van der Waals surface area contributed by atoms with Gasteiger partial charge in [-0.15, -0.1) is 11.3 Å². The third kappa shape index (κ3) is 3.99. The highest BCUT2D eigenvalue weighted by Crippen LogP contribution is 2.25. The summed E-state index contributed by atoms with van der Waals surface area (Å²) in [5.74, 6) is 0.643. The van der Waals surface area contributed by atoms with Crippen LogP contribution in [0.4, 0.5) is 4.39 Å². The van der Waals surface area contributed by atoms with Crippen LogP contribution in [0.15, 0.2) is 53.3 Å². The molecule has 0 fully saturated rings. The molecule has 1 atom stereocenters. The molecule has 0 aliphatic rings. The van der Waals surface area contributed by atoms with Crippen molar-refractivity contribution >= 4 is 17.2 Å². The first-order chi connectivity index (χ1) is 11.6. The minimum atomic E-state index is -0.318. The van der Waals surface area contributed by atoms with E-state index in [0.29, 0.717) is 21.4 Å². The van der Waals surface area contributed by atoms with Gasteiger partial charge in [0.1, 0.15) is 23.1 Å². The molecular weight excluding hydrogens is 331 g/mol. The van der Waals surface area contributed by atoms with Gasteiger partial charge in [0.05, 0.1) is 18.5 Å². The summed E-state index contributed by atoms with van der Waals surface area (Å²) in [5.41, 5.74) is 0. The summed E-state index contributed by atoms with van der Waals surface area (Å²) in [4.78, 5) is 16.9. The molecule has 0 aliphatic carbocycles. The maximum absolute atomic E-state index is 12.8. The molecule has 2 heterocycles. The van der Waals surface area contributed by atoms with Crippen molar-refractivity contribution in [1.82, 2.24) is 10.3 Å². The van der Waals surface area contributed by atoms with Crippen molar-refractivity contribution in [1.29, 1.82) is 0 Å². The summed E-state index contributed by atoms with van der Waals surface area (Å²) in [6.45, 7) is 2.11. The van der Waals surface area contributed by atoms with Crippen molar-refractivity contribution in [3.63, 3.8) is 0 Å². The Bertz CT molecular complexity index is 800. The Hall–Kier alpha value is -2.67. The number of amides is 1. The lowest BCUT2D eigenvalue weighted by molar-refractivity contribution is 0.0930. The average molecular weight is 346 g/mol. The molecule has 0 aliphatic heterocycles. The Balaban J connectivity index is 1.53. The Morgan fingerprint density at radius 1 is 1.38 bits per heavy atom. The van der Waals surface area contributed by atoms with Crippen molar-refractivity contribution in [2.45, 2.75) is 13.0 Å². The number of rotatable bonds is 6. The molecule has 1 N–H and O–H groups in total. The second-order valence-corrected chi connectivity index (χ2v) is 6.18. The summed E-state index contributed by atoms with van der Waals surface area (Å²) in [6.07, 6.45) is 3.08. The van der Waals surface area contributed by atoms with E-state index < -0.39 is 0 Å². The summed E-state index contributed by atoms with van der Waals surface area (Å²) in [7, 11) is 0. The van der Waals surface area contributed by atoms with Crippen LogP contribution in [0.5, 0.6) is 5.75 Å². The molecule has 5 nitrogen and oxygen atoms in total. The van der Waals surface area contributed by atoms with Crippen molar-refractivity contribution in [3.8, 4) is 16.5 Å². The van der Waals surface area contributed by atoms with E-state index in [1.54, 1.807) is 30.5 Å². The van der Waals surface area contributed by atoms with Gasteiger partial charge in [0, 0.05) is 0 Å². The fraction of sp³-hybridized carbons (Fsp3) is 0.176. The Kier molecular flexibility index (Phi) is 4.90. The van der Waals surface area contributed by atoms with Crippen molar-refractivity contribution in [2.75, 3.05) is 6.61 Å². The van der Waals surface area contributed by atoms with Gasteiger partial charge in [0.25, 0.3) is 5.91 Å². The number of benzene rings is 1. The maximum Gasteiger partial charge on any atom is 0.263 e. The van der Waals surface area contributed by atoms with Gasteiger partial charge >= 0.3 is 0 Å². The van der Waals surface area contributed by atoms with E-state index in [-0.39, 0.29) is 24.4 Å². The van der Waals surface area contributed by atoms with Gasteiger partial charge in [-0.3, -0.25) is 4.79 Å². The average Bonchev–Trinajstić information content (AvgIpc) is 3.25. The van der Waals surface area contributed by atoms with Crippen LogP contribution < -0.4 is 10.1 Å². The summed E-state index contributed by atoms with van der Waals surface area (Å²) >= 11 is 1.26. The van der Waals surface area contributed by atoms with Gasteiger partial charge in [-0.1, -0.05) is 0 Å². The Morgan fingerprint density at radius 2 is 2.17 bits per heavy atom. The minimum Gasteiger partial charge on any atom is -0.491 e. The number of halogens is 1. The van der Waals surface area contributed by atoms with Crippen LogP contribution in [0, 0.1) is 5.82 Å². The van der Waals surface area contributed by atoms with Gasteiger partial charge in [0.2, 0.25) is 0 Å². The molecule has 0 bridgehead atoms. The van der Waals surface area contributed by atoms with Crippen LogP contribution in [0.1, 0.15) is 16.6 Å². The van der Waals surface area contributed by atoms with Gasteiger partial charge < -0.3 is 14.5 Å². The third-order valence-corrected chi connectivity index (χ3v) is 4.16. The lowest BCUT2D eigenvalue weighted by atomic mass is 10.3. The molecule has 1 aromatic carbocycles. The Labute approximate surface area is 142 Å². The molecule has 0 spiro atoms. The van der Waals surface area contributed by atoms with Gasteiger partial charge in [-0.05, 0) is 43.3 Å². The van der Waals surface area contributed by atoms with Crippen molar-refractivity contribution in [3.05, 3.63) is 59.6 Å². The topological polar surface area (TPSA) is 64.4 Å². The first-order valence-electron chi connectivity index (χ1n) is 7.31. The standard InChI is InChI=1S/C17H15FN2O3S/c1-11(10-23-13-6-4-12(18)5-7-13)20-16(21)15-9-19-17(24-15)14-3-2-8-22-14/h2-9,11H,10H2,1H3,(H,20,21). The number of hydrogen-bond donors (Lipinski definition) is 1. The van der Waals surface area contributed by atoms with Crippen LogP contribution in [0.25, 0.3) is 10.8 Å². The highest BCUT2D eigenvalue weighted by atomic mass is 32.1. The summed E-state index contributed by atoms with van der Waals surface area (Å²) in [6, 6.07) is 9.09. The smallest absolute Gasteiger partial charge is 0.263 e. The molecule has 2 aromatic heterocycles. The number of carbonyl (C=O) groups excluding carboxylic acids is 1. The molecule has 24 heavy (non-hydrogen) atoms. The van der Waals surface area contributed by atoms with E-state index in [0.717, 1.165) is 0 Å². The van der Waals surface area contributed by atoms with Gasteiger partial charge in [-0.25, -0.2) is 9.37 Å². The van der Waals surface area contributed by atoms with Crippen molar-refractivity contribution < 1.29 is 18.3 Å². The number of ether oxygens (including phenoxy) is 1. The molecule has 0 saturated heterocycles. The second kappa shape index (κ2) is 7.27. The van der Waals surface area contributed by atoms with Crippen LogP contribution in [-0.4, -0.2) is 23.5 Å². The Morgan fingerprint density at radius 3 is 2.88 bits per heavy atom. The normalized spacial score (nSPS) is 11.9. The number of carbonyl (C=O) groups is 1. The third-order valence-electron chi connectivity index (χ3n) is 3.15. The number of nitrogens with zero attached hydrogens (tertiary/aromatic N) is 1. The summed E-state index contributed by atoms with van der Waals surface area (Å²) < 4.78 is 23.6. The molecule has 7 heteroatoms. The molecule has 0 saturated carbocycles. The molecule has 3 rings (SSSR count). The lowest BCUT2D eigenvalue weighted by Gasteiger charge is -2.14. The number of thiazole rings is 1. The fourth-order valence-corrected chi connectivity index (χ4v) is 2.77. The lowest BCUT2D eigenvalue weighted by Crippen LogP contribution is -2.36. The second-order valence-electron chi connectivity index (χ2n) is 5.15. The van der Waals surface area contributed by atoms with E-state index in [2.05, 4.69) is 10.3 Å². The number of nitrogens with one attached hydrogen (secondary N) is 1. The highest BCUT2D eigenvalue weighted by Gasteiger charge is 2.15. The highest BCUT2D eigenvalue weighted by molar-refractivity contribution is 7.16. The molecule has 124 valence electrons. The van der Waals surface area contributed by atoms with Crippen molar-refractivity contribution in [2.24, 2.45) is 0 Å². The van der Waals surface area contributed by atoms with E-state index in [9.17, 15) is 9.18 Å². The zero-order chi connectivity index (χ0) is 16.9. The molecule has 0 radical (unpaired) electrons. The molecule has 1 unspecified atom stereocenters. The number of hydrogen-bond acceptors (Lipinski definition) is 5. The van der Waals surface area contributed by atoms with Gasteiger partial charge in [-0.2, -0.15) is 0 Å². The summed E-state index contributed by atoms with van der Waals surface area (Å²) in [5, 5.41) is 3.49. The van der Waals surface area contributed by atoms with E-state index in [1.165, 1.54) is 29.7 Å². The molecule has 1 amide bonds. The number of furan rings is 1. The predicted molar refractivity (Wildman–Crippen MR) is 88.6 cm³/mol. The first kappa shape index (κ1) is 16.2. The minimum absolute atomic E-state index is 0.211. The van der Waals surface area contributed by atoms with E-state index in [4.69, 9.17) is 9.15 Å². The van der Waals surface area contributed by atoms with E-state index in [1.807, 2.05) is 6.92 Å². The first-order valence-corrected chi connectivity index (χ1v) is 8.12. The quantitative estimate of drug-likeness (QED) is 0.738. The fourth-order valence-electron chi connectivity index (χ4n) is 1.98. The molecular formula is C17H15FN2O3S. The maximum atomic E-state index is 12.8. The van der Waals surface area contributed by atoms with Crippen LogP contribution >= 0.6 is 11.3 Å². The van der Waals surface area contributed by atoms with Crippen LogP contribution in [0.3, 0.4) is 0 Å². The van der Waals surface area contributed by atoms with Gasteiger partial charge in [0.15, 0.2) is 10.8 Å². The SMILES string of the molecule is CC(COc1ccc(F)cc1)NC(=O)c1cnc(-c2ccco2)s1.